The highest BCUT2D eigenvalue weighted by Crippen LogP contribution is 2.15. The highest BCUT2D eigenvalue weighted by Gasteiger charge is 2.18. The fraction of sp³-hybridized carbons (Fsp3) is 0.933. The van der Waals surface area contributed by atoms with Crippen LogP contribution in [0.3, 0.4) is 0 Å². The van der Waals surface area contributed by atoms with Gasteiger partial charge >= 0.3 is 0 Å². The number of aliphatic imine (C=N–C) groups is 1. The fourth-order valence-corrected chi connectivity index (χ4v) is 2.40. The maximum atomic E-state index is 4.74. The number of hydrogen-bond acceptors (Lipinski definition) is 2. The molecule has 0 radical (unpaired) electrons. The number of rotatable bonds is 4. The van der Waals surface area contributed by atoms with Crippen molar-refractivity contribution >= 4 is 29.9 Å². The first-order valence-electron chi connectivity index (χ1n) is 7.70. The van der Waals surface area contributed by atoms with Gasteiger partial charge in [0.05, 0.1) is 6.54 Å². The third kappa shape index (κ3) is 8.29. The van der Waals surface area contributed by atoms with E-state index in [1.165, 1.54) is 12.8 Å². The molecule has 0 aromatic heterocycles. The van der Waals surface area contributed by atoms with Crippen molar-refractivity contribution in [2.24, 2.45) is 10.9 Å². The predicted molar refractivity (Wildman–Crippen MR) is 99.1 cm³/mol. The summed E-state index contributed by atoms with van der Waals surface area (Å²) in [5.74, 6) is 1.87. The van der Waals surface area contributed by atoms with Gasteiger partial charge in [0.25, 0.3) is 0 Å². The van der Waals surface area contributed by atoms with E-state index in [1.807, 2.05) is 0 Å². The number of likely N-dealkylation sites (tertiary alicyclic amines) is 1. The van der Waals surface area contributed by atoms with Gasteiger partial charge < -0.3 is 15.5 Å². The van der Waals surface area contributed by atoms with Gasteiger partial charge in [0, 0.05) is 31.7 Å². The first-order valence-corrected chi connectivity index (χ1v) is 7.70. The quantitative estimate of drug-likeness (QED) is 0.332. The molecule has 20 heavy (non-hydrogen) atoms. The van der Waals surface area contributed by atoms with Crippen LogP contribution in [0.25, 0.3) is 0 Å². The maximum absolute atomic E-state index is 4.74. The van der Waals surface area contributed by atoms with Crippen LogP contribution in [0, 0.1) is 5.92 Å². The Morgan fingerprint density at radius 2 is 2.05 bits per heavy atom. The Morgan fingerprint density at radius 1 is 1.35 bits per heavy atom. The number of nitrogens with zero attached hydrogens (tertiary/aromatic N) is 2. The monoisotopic (exact) mass is 396 g/mol. The highest BCUT2D eigenvalue weighted by atomic mass is 127. The molecule has 0 aliphatic carbocycles. The molecule has 1 saturated heterocycles. The zero-order chi connectivity index (χ0) is 14.3. The van der Waals surface area contributed by atoms with Crippen molar-refractivity contribution in [3.63, 3.8) is 0 Å². The number of halogens is 1. The molecule has 0 saturated carbocycles. The van der Waals surface area contributed by atoms with Crippen LogP contribution in [0.4, 0.5) is 0 Å². The van der Waals surface area contributed by atoms with E-state index < -0.39 is 0 Å². The molecule has 1 aliphatic rings. The predicted octanol–water partition coefficient (Wildman–Crippen LogP) is 2.69. The molecule has 5 heteroatoms. The van der Waals surface area contributed by atoms with Crippen LogP contribution in [-0.4, -0.2) is 49.1 Å². The minimum Gasteiger partial charge on any atom is -0.357 e. The first kappa shape index (κ1) is 20.0. The Labute approximate surface area is 142 Å². The SMILES string of the molecule is CCNC(=NCCNC(C)(C)C)N1CCCC(C)C1.I. The molecule has 2 N–H and O–H groups in total. The highest BCUT2D eigenvalue weighted by molar-refractivity contribution is 14.0. The van der Waals surface area contributed by atoms with E-state index in [2.05, 4.69) is 50.2 Å². The molecule has 1 rings (SSSR count). The van der Waals surface area contributed by atoms with Crippen molar-refractivity contribution < 1.29 is 0 Å². The summed E-state index contributed by atoms with van der Waals surface area (Å²) in [4.78, 5) is 7.16. The van der Waals surface area contributed by atoms with Crippen LogP contribution >= 0.6 is 24.0 Å². The smallest absolute Gasteiger partial charge is 0.193 e. The molecule has 0 spiro atoms. The Hall–Kier alpha value is -0.0400. The van der Waals surface area contributed by atoms with Crippen molar-refractivity contribution in [1.29, 1.82) is 0 Å². The zero-order valence-corrected chi connectivity index (χ0v) is 16.2. The molecule has 1 atom stereocenters. The summed E-state index contributed by atoms with van der Waals surface area (Å²) in [5.41, 5.74) is 0.174. The fourth-order valence-electron chi connectivity index (χ4n) is 2.40. The van der Waals surface area contributed by atoms with Crippen molar-refractivity contribution in [2.45, 2.75) is 53.0 Å². The van der Waals surface area contributed by atoms with Crippen LogP contribution in [0.2, 0.25) is 0 Å². The minimum absolute atomic E-state index is 0. The number of hydrogen-bond donors (Lipinski definition) is 2. The number of nitrogens with one attached hydrogen (secondary N) is 2. The summed E-state index contributed by atoms with van der Waals surface area (Å²) in [6.45, 7) is 16.0. The van der Waals surface area contributed by atoms with E-state index in [0.717, 1.165) is 44.6 Å². The van der Waals surface area contributed by atoms with E-state index in [-0.39, 0.29) is 29.5 Å². The Kier molecular flexibility index (Phi) is 9.80. The van der Waals surface area contributed by atoms with Gasteiger partial charge in [-0.1, -0.05) is 6.92 Å². The van der Waals surface area contributed by atoms with Crippen LogP contribution in [0.15, 0.2) is 4.99 Å². The molecule has 1 unspecified atom stereocenters. The second kappa shape index (κ2) is 9.82. The van der Waals surface area contributed by atoms with Gasteiger partial charge in [0.1, 0.15) is 0 Å². The molecule has 1 heterocycles. The first-order chi connectivity index (χ1) is 8.92. The van der Waals surface area contributed by atoms with Crippen LogP contribution in [0.1, 0.15) is 47.5 Å². The van der Waals surface area contributed by atoms with E-state index in [1.54, 1.807) is 0 Å². The standard InChI is InChI=1S/C15H32N4.HI/c1-6-16-14(17-9-10-18-15(3,4)5)19-11-7-8-13(2)12-19;/h13,18H,6-12H2,1-5H3,(H,16,17);1H. The summed E-state index contributed by atoms with van der Waals surface area (Å²) < 4.78 is 0. The molecule has 1 aliphatic heterocycles. The average molecular weight is 396 g/mol. The van der Waals surface area contributed by atoms with Gasteiger partial charge in [-0.15, -0.1) is 24.0 Å². The van der Waals surface area contributed by atoms with Gasteiger partial charge in [0.2, 0.25) is 0 Å². The van der Waals surface area contributed by atoms with Gasteiger partial charge in [-0.3, -0.25) is 4.99 Å². The second-order valence-corrected chi connectivity index (χ2v) is 6.61. The molecule has 4 nitrogen and oxygen atoms in total. The van der Waals surface area contributed by atoms with E-state index in [4.69, 9.17) is 4.99 Å². The molecule has 120 valence electrons. The third-order valence-electron chi connectivity index (χ3n) is 3.32. The summed E-state index contributed by atoms with van der Waals surface area (Å²) in [6, 6.07) is 0. The minimum atomic E-state index is 0. The lowest BCUT2D eigenvalue weighted by atomic mass is 10.0. The Balaban J connectivity index is 0.00000361. The summed E-state index contributed by atoms with van der Waals surface area (Å²) in [7, 11) is 0. The molecular weight excluding hydrogens is 363 g/mol. The van der Waals surface area contributed by atoms with Crippen LogP contribution < -0.4 is 10.6 Å². The zero-order valence-electron chi connectivity index (χ0n) is 13.8. The topological polar surface area (TPSA) is 39.7 Å². The molecular formula is C15H33IN4. The lowest BCUT2D eigenvalue weighted by Gasteiger charge is -2.33. The number of piperidine rings is 1. The molecule has 1 fully saturated rings. The third-order valence-corrected chi connectivity index (χ3v) is 3.32. The lowest BCUT2D eigenvalue weighted by molar-refractivity contribution is 0.266. The maximum Gasteiger partial charge on any atom is 0.193 e. The van der Waals surface area contributed by atoms with Crippen molar-refractivity contribution in [1.82, 2.24) is 15.5 Å². The van der Waals surface area contributed by atoms with Gasteiger partial charge in [-0.2, -0.15) is 0 Å². The van der Waals surface area contributed by atoms with Crippen molar-refractivity contribution in [3.05, 3.63) is 0 Å². The normalized spacial score (nSPS) is 20.6. The van der Waals surface area contributed by atoms with Gasteiger partial charge in [-0.25, -0.2) is 0 Å². The second-order valence-electron chi connectivity index (χ2n) is 6.61. The number of guanidine groups is 1. The van der Waals surface area contributed by atoms with Gasteiger partial charge in [0.15, 0.2) is 5.96 Å². The Morgan fingerprint density at radius 3 is 2.60 bits per heavy atom. The molecule has 0 aromatic rings. The average Bonchev–Trinajstić information content (AvgIpc) is 2.32. The van der Waals surface area contributed by atoms with Gasteiger partial charge in [-0.05, 0) is 46.5 Å². The van der Waals surface area contributed by atoms with Crippen molar-refractivity contribution in [3.8, 4) is 0 Å². The molecule has 0 amide bonds. The lowest BCUT2D eigenvalue weighted by Crippen LogP contribution is -2.46. The summed E-state index contributed by atoms with van der Waals surface area (Å²) >= 11 is 0. The summed E-state index contributed by atoms with van der Waals surface area (Å²) in [6.07, 6.45) is 2.63. The van der Waals surface area contributed by atoms with Crippen LogP contribution in [-0.2, 0) is 0 Å². The van der Waals surface area contributed by atoms with Crippen molar-refractivity contribution in [2.75, 3.05) is 32.7 Å². The summed E-state index contributed by atoms with van der Waals surface area (Å²) in [5, 5.41) is 6.90. The van der Waals surface area contributed by atoms with E-state index in [0.29, 0.717) is 0 Å². The van der Waals surface area contributed by atoms with E-state index >= 15 is 0 Å². The van der Waals surface area contributed by atoms with E-state index in [9.17, 15) is 0 Å². The van der Waals surface area contributed by atoms with Crippen LogP contribution in [0.5, 0.6) is 0 Å². The molecule has 0 aromatic carbocycles. The Bertz CT molecular complexity index is 286. The largest absolute Gasteiger partial charge is 0.357 e. The molecule has 0 bridgehead atoms.